The van der Waals surface area contributed by atoms with Crippen molar-refractivity contribution >= 4 is 11.3 Å². The number of hydrogen-bond donors (Lipinski definition) is 2. The van der Waals surface area contributed by atoms with Gasteiger partial charge < -0.3 is 15.2 Å². The highest BCUT2D eigenvalue weighted by molar-refractivity contribution is 7.11. The molecule has 0 aliphatic heterocycles. The molecule has 23 heavy (non-hydrogen) atoms. The van der Waals surface area contributed by atoms with E-state index in [0.717, 1.165) is 37.0 Å². The van der Waals surface area contributed by atoms with E-state index in [-0.39, 0.29) is 0 Å². The molecule has 0 saturated heterocycles. The Bertz CT molecular complexity index is 639. The van der Waals surface area contributed by atoms with E-state index in [0.29, 0.717) is 12.6 Å². The van der Waals surface area contributed by atoms with E-state index >= 15 is 0 Å². The number of ether oxygens (including phenoxy) is 1. The number of nitrogens with zero attached hydrogens (tertiary/aromatic N) is 1. The smallest absolute Gasteiger partial charge is 0.118 e. The summed E-state index contributed by atoms with van der Waals surface area (Å²) in [7, 11) is 1.65. The SMILES string of the molecule is CCc1nc2c(s1)C(NCC(O)c1ccc(OC)cc1)CCC2. The number of benzene rings is 1. The maximum Gasteiger partial charge on any atom is 0.118 e. The van der Waals surface area contributed by atoms with Crippen molar-refractivity contribution in [3.8, 4) is 5.75 Å². The van der Waals surface area contributed by atoms with Crippen LogP contribution in [0.1, 0.15) is 53.1 Å². The maximum atomic E-state index is 10.4. The van der Waals surface area contributed by atoms with Crippen molar-refractivity contribution in [2.75, 3.05) is 13.7 Å². The lowest BCUT2D eigenvalue weighted by Crippen LogP contribution is -2.28. The van der Waals surface area contributed by atoms with Crippen LogP contribution in [0.15, 0.2) is 24.3 Å². The fourth-order valence-electron chi connectivity index (χ4n) is 3.01. The summed E-state index contributed by atoms with van der Waals surface area (Å²) < 4.78 is 5.15. The van der Waals surface area contributed by atoms with Crippen LogP contribution in [0.2, 0.25) is 0 Å². The third-order valence-electron chi connectivity index (χ3n) is 4.36. The molecule has 1 heterocycles. The lowest BCUT2D eigenvalue weighted by molar-refractivity contribution is 0.168. The normalized spacial score (nSPS) is 18.5. The fourth-order valence-corrected chi connectivity index (χ4v) is 4.18. The van der Waals surface area contributed by atoms with Crippen LogP contribution in [0, 0.1) is 0 Å². The van der Waals surface area contributed by atoms with Crippen LogP contribution in [-0.2, 0) is 12.8 Å². The number of rotatable bonds is 6. The molecule has 0 amide bonds. The topological polar surface area (TPSA) is 54.4 Å². The van der Waals surface area contributed by atoms with Crippen molar-refractivity contribution in [1.29, 1.82) is 0 Å². The molecule has 1 aliphatic rings. The van der Waals surface area contributed by atoms with E-state index in [1.54, 1.807) is 7.11 Å². The number of aliphatic hydroxyl groups excluding tert-OH is 1. The lowest BCUT2D eigenvalue weighted by Gasteiger charge is -2.24. The van der Waals surface area contributed by atoms with Crippen molar-refractivity contribution in [1.82, 2.24) is 10.3 Å². The third-order valence-corrected chi connectivity index (χ3v) is 5.71. The molecule has 4 nitrogen and oxygen atoms in total. The van der Waals surface area contributed by atoms with Gasteiger partial charge in [0.15, 0.2) is 0 Å². The Hall–Kier alpha value is -1.43. The molecule has 2 aromatic rings. The fraction of sp³-hybridized carbons (Fsp3) is 0.500. The standard InChI is InChI=1S/C18H24N2O2S/c1-3-17-20-15-6-4-5-14(18(15)23-17)19-11-16(21)12-7-9-13(22-2)10-8-12/h7-10,14,16,19,21H,3-6,11H2,1-2H3. The maximum absolute atomic E-state index is 10.4. The first-order chi connectivity index (χ1) is 11.2. The minimum absolute atomic E-state index is 0.324. The van der Waals surface area contributed by atoms with Crippen molar-refractivity contribution in [2.24, 2.45) is 0 Å². The van der Waals surface area contributed by atoms with Gasteiger partial charge in [0.1, 0.15) is 5.75 Å². The zero-order chi connectivity index (χ0) is 16.2. The summed E-state index contributed by atoms with van der Waals surface area (Å²) in [5.41, 5.74) is 2.17. The van der Waals surface area contributed by atoms with E-state index < -0.39 is 6.10 Å². The molecule has 2 N–H and O–H groups in total. The van der Waals surface area contributed by atoms with Gasteiger partial charge in [-0.05, 0) is 43.4 Å². The number of aryl methyl sites for hydroxylation is 2. The lowest BCUT2D eigenvalue weighted by atomic mass is 9.97. The van der Waals surface area contributed by atoms with Crippen LogP contribution in [-0.4, -0.2) is 23.7 Å². The monoisotopic (exact) mass is 332 g/mol. The Balaban J connectivity index is 1.63. The summed E-state index contributed by atoms with van der Waals surface area (Å²) in [6, 6.07) is 7.92. The molecular formula is C18H24N2O2S. The quantitative estimate of drug-likeness (QED) is 0.851. The first-order valence-corrected chi connectivity index (χ1v) is 9.06. The number of methoxy groups -OCH3 is 1. The Morgan fingerprint density at radius 1 is 1.39 bits per heavy atom. The van der Waals surface area contributed by atoms with Crippen LogP contribution in [0.5, 0.6) is 5.75 Å². The molecule has 2 atom stereocenters. The summed E-state index contributed by atoms with van der Waals surface area (Å²) in [6.07, 6.45) is 3.86. The molecule has 0 radical (unpaired) electrons. The van der Waals surface area contributed by atoms with Gasteiger partial charge in [0.05, 0.1) is 23.9 Å². The van der Waals surface area contributed by atoms with Gasteiger partial charge in [0.2, 0.25) is 0 Å². The summed E-state index contributed by atoms with van der Waals surface area (Å²) in [4.78, 5) is 6.10. The third kappa shape index (κ3) is 3.74. The molecule has 0 fully saturated rings. The van der Waals surface area contributed by atoms with Gasteiger partial charge in [0.25, 0.3) is 0 Å². The van der Waals surface area contributed by atoms with E-state index in [1.807, 2.05) is 35.6 Å². The highest BCUT2D eigenvalue weighted by atomic mass is 32.1. The van der Waals surface area contributed by atoms with E-state index in [1.165, 1.54) is 15.6 Å². The predicted molar refractivity (Wildman–Crippen MR) is 93.1 cm³/mol. The van der Waals surface area contributed by atoms with Gasteiger partial charge in [-0.2, -0.15) is 0 Å². The number of hydrogen-bond acceptors (Lipinski definition) is 5. The molecule has 124 valence electrons. The predicted octanol–water partition coefficient (Wildman–Crippen LogP) is 3.41. The van der Waals surface area contributed by atoms with E-state index in [4.69, 9.17) is 9.72 Å². The molecule has 0 spiro atoms. The first kappa shape index (κ1) is 16.4. The van der Waals surface area contributed by atoms with Crippen LogP contribution < -0.4 is 10.1 Å². The highest BCUT2D eigenvalue weighted by Gasteiger charge is 2.24. The largest absolute Gasteiger partial charge is 0.497 e. The number of fused-ring (bicyclic) bond motifs is 1. The zero-order valence-corrected chi connectivity index (χ0v) is 14.5. The average molecular weight is 332 g/mol. The Labute approximate surface area is 141 Å². The van der Waals surface area contributed by atoms with Gasteiger partial charge >= 0.3 is 0 Å². The Kier molecular flexibility index (Phi) is 5.30. The molecule has 1 aromatic heterocycles. The van der Waals surface area contributed by atoms with Gasteiger partial charge in [0, 0.05) is 17.5 Å². The molecule has 5 heteroatoms. The molecule has 2 unspecified atom stereocenters. The summed E-state index contributed by atoms with van der Waals surface area (Å²) in [5, 5.41) is 15.2. The Morgan fingerprint density at radius 3 is 2.87 bits per heavy atom. The second kappa shape index (κ2) is 7.43. The van der Waals surface area contributed by atoms with Gasteiger partial charge in [-0.15, -0.1) is 11.3 Å². The number of aromatic nitrogens is 1. The van der Waals surface area contributed by atoms with Crippen LogP contribution in [0.25, 0.3) is 0 Å². The zero-order valence-electron chi connectivity index (χ0n) is 13.7. The average Bonchev–Trinajstić information content (AvgIpc) is 3.03. The molecule has 1 aliphatic carbocycles. The summed E-state index contributed by atoms with van der Waals surface area (Å²) >= 11 is 1.82. The van der Waals surface area contributed by atoms with Crippen molar-refractivity contribution in [3.63, 3.8) is 0 Å². The number of thiazole rings is 1. The molecular weight excluding hydrogens is 308 g/mol. The molecule has 0 saturated carbocycles. The molecule has 3 rings (SSSR count). The second-order valence-corrected chi connectivity index (χ2v) is 7.03. The summed E-state index contributed by atoms with van der Waals surface area (Å²) in [5.74, 6) is 0.808. The summed E-state index contributed by atoms with van der Waals surface area (Å²) in [6.45, 7) is 2.70. The minimum Gasteiger partial charge on any atom is -0.497 e. The van der Waals surface area contributed by atoms with Crippen molar-refractivity contribution < 1.29 is 9.84 Å². The second-order valence-electron chi connectivity index (χ2n) is 5.91. The van der Waals surface area contributed by atoms with Crippen LogP contribution in [0.4, 0.5) is 0 Å². The minimum atomic E-state index is -0.509. The first-order valence-electron chi connectivity index (χ1n) is 8.25. The van der Waals surface area contributed by atoms with Crippen LogP contribution >= 0.6 is 11.3 Å². The van der Waals surface area contributed by atoms with Gasteiger partial charge in [-0.1, -0.05) is 19.1 Å². The number of aliphatic hydroxyl groups is 1. The van der Waals surface area contributed by atoms with Crippen molar-refractivity contribution in [2.45, 2.75) is 44.8 Å². The van der Waals surface area contributed by atoms with E-state index in [2.05, 4.69) is 12.2 Å². The molecule has 0 bridgehead atoms. The van der Waals surface area contributed by atoms with Gasteiger partial charge in [-0.3, -0.25) is 0 Å². The van der Waals surface area contributed by atoms with E-state index in [9.17, 15) is 5.11 Å². The Morgan fingerprint density at radius 2 is 2.17 bits per heavy atom. The van der Waals surface area contributed by atoms with Gasteiger partial charge in [-0.25, -0.2) is 4.98 Å². The molecule has 1 aromatic carbocycles. The highest BCUT2D eigenvalue weighted by Crippen LogP contribution is 2.34. The van der Waals surface area contributed by atoms with Crippen LogP contribution in [0.3, 0.4) is 0 Å². The van der Waals surface area contributed by atoms with Crippen molar-refractivity contribution in [3.05, 3.63) is 45.4 Å². The number of nitrogens with one attached hydrogen (secondary N) is 1.